The molecule has 0 aromatic heterocycles. The lowest BCUT2D eigenvalue weighted by atomic mass is 10.2. The third-order valence-corrected chi connectivity index (χ3v) is 5.39. The highest BCUT2D eigenvalue weighted by atomic mass is 32.2. The number of carbonyl (C=O) groups excluding carboxylic acids is 1. The summed E-state index contributed by atoms with van der Waals surface area (Å²) in [5.74, 6) is -0.476. The summed E-state index contributed by atoms with van der Waals surface area (Å²) in [5, 5.41) is 14.8. The van der Waals surface area contributed by atoms with Gasteiger partial charge in [0.15, 0.2) is 0 Å². The number of para-hydroxylation sites is 1. The number of nitrogens with zero attached hydrogens (tertiary/aromatic N) is 1. The molecule has 1 aliphatic carbocycles. The van der Waals surface area contributed by atoms with Crippen LogP contribution < -0.4 is 15.4 Å². The SMILES string of the molecule is N#CC1(NC(=O)[C@@H]2C[C@@H](Sc3ccccc3OC(F)(F)F)CN2)CC1. The molecule has 0 spiro atoms. The van der Waals surface area contributed by atoms with E-state index in [9.17, 15) is 18.0 Å². The maximum absolute atomic E-state index is 12.5. The molecule has 0 bridgehead atoms. The molecule has 1 heterocycles. The lowest BCUT2D eigenvalue weighted by Crippen LogP contribution is -2.45. The number of rotatable bonds is 5. The molecule has 5 nitrogen and oxygen atoms in total. The van der Waals surface area contributed by atoms with Gasteiger partial charge < -0.3 is 15.4 Å². The molecule has 1 saturated carbocycles. The third kappa shape index (κ3) is 4.58. The molecule has 9 heteroatoms. The molecule has 1 aromatic rings. The Morgan fingerprint density at radius 3 is 2.76 bits per heavy atom. The van der Waals surface area contributed by atoms with E-state index in [0.29, 0.717) is 30.7 Å². The maximum atomic E-state index is 12.5. The van der Waals surface area contributed by atoms with Crippen LogP contribution in [0.4, 0.5) is 13.2 Å². The number of thioether (sulfide) groups is 1. The molecule has 1 amide bonds. The molecule has 2 atom stereocenters. The molecular weight excluding hydrogens is 355 g/mol. The Balaban J connectivity index is 1.59. The van der Waals surface area contributed by atoms with Gasteiger partial charge in [0, 0.05) is 11.8 Å². The lowest BCUT2D eigenvalue weighted by molar-refractivity contribution is -0.275. The monoisotopic (exact) mass is 371 g/mol. The molecule has 1 saturated heterocycles. The zero-order valence-electron chi connectivity index (χ0n) is 13.1. The number of nitrogens with one attached hydrogen (secondary N) is 2. The first-order valence-corrected chi connectivity index (χ1v) is 8.66. The fourth-order valence-corrected chi connectivity index (χ4v) is 3.85. The summed E-state index contributed by atoms with van der Waals surface area (Å²) >= 11 is 1.25. The van der Waals surface area contributed by atoms with Crippen LogP contribution >= 0.6 is 11.8 Å². The molecule has 3 rings (SSSR count). The first kappa shape index (κ1) is 17.9. The van der Waals surface area contributed by atoms with Crippen LogP contribution in [0.3, 0.4) is 0 Å². The number of hydrogen-bond acceptors (Lipinski definition) is 5. The summed E-state index contributed by atoms with van der Waals surface area (Å²) in [4.78, 5) is 12.6. The molecule has 0 radical (unpaired) electrons. The molecule has 1 aromatic carbocycles. The minimum absolute atomic E-state index is 0.0639. The van der Waals surface area contributed by atoms with Crippen LogP contribution in [0.15, 0.2) is 29.2 Å². The lowest BCUT2D eigenvalue weighted by Gasteiger charge is -2.16. The van der Waals surface area contributed by atoms with E-state index in [1.54, 1.807) is 12.1 Å². The highest BCUT2D eigenvalue weighted by Crippen LogP contribution is 2.38. The second-order valence-electron chi connectivity index (χ2n) is 6.11. The van der Waals surface area contributed by atoms with Gasteiger partial charge in [0.05, 0.1) is 17.0 Å². The first-order chi connectivity index (χ1) is 11.8. The Labute approximate surface area is 146 Å². The number of amides is 1. The number of benzene rings is 1. The van der Waals surface area contributed by atoms with Crippen LogP contribution in [-0.4, -0.2) is 35.6 Å². The topological polar surface area (TPSA) is 74.2 Å². The van der Waals surface area contributed by atoms with Crippen LogP contribution in [0.5, 0.6) is 5.75 Å². The Kier molecular flexibility index (Phi) is 4.84. The minimum atomic E-state index is -4.75. The summed E-state index contributed by atoms with van der Waals surface area (Å²) in [6.07, 6.45) is -2.97. The number of hydrogen-bond donors (Lipinski definition) is 2. The number of alkyl halides is 3. The Bertz CT molecular complexity index is 701. The van der Waals surface area contributed by atoms with E-state index in [0.717, 1.165) is 0 Å². The molecule has 134 valence electrons. The molecule has 2 fully saturated rings. The van der Waals surface area contributed by atoms with E-state index >= 15 is 0 Å². The number of halogens is 3. The van der Waals surface area contributed by atoms with Crippen LogP contribution in [0, 0.1) is 11.3 Å². The summed E-state index contributed by atoms with van der Waals surface area (Å²) < 4.78 is 41.5. The van der Waals surface area contributed by atoms with Gasteiger partial charge in [-0.05, 0) is 31.4 Å². The second-order valence-corrected chi connectivity index (χ2v) is 7.46. The van der Waals surface area contributed by atoms with Gasteiger partial charge in [-0.15, -0.1) is 24.9 Å². The molecule has 1 aliphatic heterocycles. The largest absolute Gasteiger partial charge is 0.573 e. The van der Waals surface area contributed by atoms with Gasteiger partial charge in [-0.2, -0.15) is 5.26 Å². The van der Waals surface area contributed by atoms with Crippen molar-refractivity contribution in [2.45, 2.75) is 47.4 Å². The van der Waals surface area contributed by atoms with Gasteiger partial charge in [-0.1, -0.05) is 12.1 Å². The van der Waals surface area contributed by atoms with Crippen molar-refractivity contribution in [1.82, 2.24) is 10.6 Å². The van der Waals surface area contributed by atoms with Gasteiger partial charge in [-0.25, -0.2) is 0 Å². The third-order valence-electron chi connectivity index (χ3n) is 4.10. The smallest absolute Gasteiger partial charge is 0.405 e. The van der Waals surface area contributed by atoms with Crippen molar-refractivity contribution in [3.05, 3.63) is 24.3 Å². The Morgan fingerprint density at radius 2 is 2.12 bits per heavy atom. The zero-order valence-corrected chi connectivity index (χ0v) is 13.9. The zero-order chi connectivity index (χ0) is 18.1. The van der Waals surface area contributed by atoms with Crippen molar-refractivity contribution in [3.63, 3.8) is 0 Å². The molecule has 0 unspecified atom stereocenters. The van der Waals surface area contributed by atoms with Crippen LogP contribution in [0.1, 0.15) is 19.3 Å². The second kappa shape index (κ2) is 6.77. The molecule has 2 aliphatic rings. The maximum Gasteiger partial charge on any atom is 0.573 e. The van der Waals surface area contributed by atoms with Crippen molar-refractivity contribution in [3.8, 4) is 11.8 Å². The van der Waals surface area contributed by atoms with Gasteiger partial charge >= 0.3 is 6.36 Å². The van der Waals surface area contributed by atoms with E-state index in [4.69, 9.17) is 5.26 Å². The van der Waals surface area contributed by atoms with Gasteiger partial charge in [0.2, 0.25) is 5.91 Å². The van der Waals surface area contributed by atoms with E-state index in [1.165, 1.54) is 23.9 Å². The quantitative estimate of drug-likeness (QED) is 0.832. The number of ether oxygens (including phenoxy) is 1. The van der Waals surface area contributed by atoms with Gasteiger partial charge in [-0.3, -0.25) is 4.79 Å². The summed E-state index contributed by atoms with van der Waals surface area (Å²) in [7, 11) is 0. The van der Waals surface area contributed by atoms with Crippen molar-refractivity contribution >= 4 is 17.7 Å². The Morgan fingerprint density at radius 1 is 1.40 bits per heavy atom. The average molecular weight is 371 g/mol. The predicted molar refractivity (Wildman–Crippen MR) is 84.9 cm³/mol. The highest BCUT2D eigenvalue weighted by Gasteiger charge is 2.46. The predicted octanol–water partition coefficient (Wildman–Crippen LogP) is 2.58. The molecule has 25 heavy (non-hydrogen) atoms. The summed E-state index contributed by atoms with van der Waals surface area (Å²) in [6, 6.07) is 7.61. The fourth-order valence-electron chi connectivity index (χ4n) is 2.64. The first-order valence-electron chi connectivity index (χ1n) is 7.78. The van der Waals surface area contributed by atoms with Crippen LogP contribution in [0.2, 0.25) is 0 Å². The normalized spacial score (nSPS) is 24.4. The van der Waals surface area contributed by atoms with Crippen molar-refractivity contribution < 1.29 is 22.7 Å². The van der Waals surface area contributed by atoms with Gasteiger partial charge in [0.1, 0.15) is 11.3 Å². The number of nitriles is 1. The van der Waals surface area contributed by atoms with Gasteiger partial charge in [0.25, 0.3) is 0 Å². The minimum Gasteiger partial charge on any atom is -0.405 e. The summed E-state index contributed by atoms with van der Waals surface area (Å²) in [5.41, 5.74) is -0.725. The van der Waals surface area contributed by atoms with Crippen molar-refractivity contribution in [1.29, 1.82) is 5.26 Å². The fraction of sp³-hybridized carbons (Fsp3) is 0.500. The number of carbonyl (C=O) groups is 1. The van der Waals surface area contributed by atoms with E-state index < -0.39 is 17.9 Å². The van der Waals surface area contributed by atoms with Crippen LogP contribution in [0.25, 0.3) is 0 Å². The average Bonchev–Trinajstić information content (AvgIpc) is 3.15. The Hall–Kier alpha value is -1.92. The van der Waals surface area contributed by atoms with Crippen LogP contribution in [-0.2, 0) is 4.79 Å². The van der Waals surface area contributed by atoms with Crippen molar-refractivity contribution in [2.24, 2.45) is 0 Å². The van der Waals surface area contributed by atoms with E-state index in [-0.39, 0.29) is 16.9 Å². The summed E-state index contributed by atoms with van der Waals surface area (Å²) in [6.45, 7) is 0.489. The highest BCUT2D eigenvalue weighted by molar-refractivity contribution is 8.00. The molecular formula is C16H16F3N3O2S. The van der Waals surface area contributed by atoms with E-state index in [2.05, 4.69) is 21.4 Å². The molecule has 2 N–H and O–H groups in total. The standard InChI is InChI=1S/C16H16F3N3O2S/c17-16(18,19)24-12-3-1-2-4-13(12)25-10-7-11(21-8-10)14(23)22-15(9-20)5-6-15/h1-4,10-11,21H,5-8H2,(H,22,23)/t10-,11+/m1/s1. The van der Waals surface area contributed by atoms with E-state index in [1.807, 2.05) is 0 Å². The van der Waals surface area contributed by atoms with Crippen molar-refractivity contribution in [2.75, 3.05) is 6.54 Å².